The highest BCUT2D eigenvalue weighted by molar-refractivity contribution is 14.1. The van der Waals surface area contributed by atoms with E-state index in [0.29, 0.717) is 12.8 Å². The topological polar surface area (TPSA) is 66.5 Å². The molecule has 0 fully saturated rings. The van der Waals surface area contributed by atoms with Gasteiger partial charge in [0.15, 0.2) is 0 Å². The zero-order chi connectivity index (χ0) is 8.15. The van der Waals surface area contributed by atoms with Gasteiger partial charge in [-0.05, 0) is 19.8 Å². The highest BCUT2D eigenvalue weighted by atomic mass is 127. The minimum atomic E-state index is -0.477. The summed E-state index contributed by atoms with van der Waals surface area (Å²) in [7, 11) is 0. The molecule has 4 N–H and O–H groups in total. The van der Waals surface area contributed by atoms with Crippen LogP contribution in [0.2, 0.25) is 0 Å². The molecule has 3 nitrogen and oxygen atoms in total. The molecule has 0 aliphatic carbocycles. The zero-order valence-electron chi connectivity index (χ0n) is 6.00. The minimum absolute atomic E-state index is 0.204. The molecule has 0 aromatic carbocycles. The molecule has 0 aliphatic heterocycles. The van der Waals surface area contributed by atoms with Crippen molar-refractivity contribution in [3.63, 3.8) is 0 Å². The van der Waals surface area contributed by atoms with Gasteiger partial charge in [-0.15, -0.1) is 0 Å². The highest BCUT2D eigenvalue weighted by Crippen LogP contribution is 2.07. The molecule has 10 heavy (non-hydrogen) atoms. The summed E-state index contributed by atoms with van der Waals surface area (Å²) >= 11 is 1.92. The SMILES string of the molecule is C[C@H](O)C(N)CC[C@H](O)I. The second-order valence-electron chi connectivity index (χ2n) is 2.42. The molecule has 0 saturated carbocycles. The van der Waals surface area contributed by atoms with Crippen LogP contribution in [0.1, 0.15) is 19.8 Å². The summed E-state index contributed by atoms with van der Waals surface area (Å²) in [6.45, 7) is 1.66. The number of hydrogen-bond acceptors (Lipinski definition) is 3. The lowest BCUT2D eigenvalue weighted by Crippen LogP contribution is -2.32. The normalized spacial score (nSPS) is 20.1. The summed E-state index contributed by atoms with van der Waals surface area (Å²) in [5.74, 6) is 0. The fraction of sp³-hybridized carbons (Fsp3) is 1.00. The van der Waals surface area contributed by atoms with E-state index in [1.807, 2.05) is 22.6 Å². The van der Waals surface area contributed by atoms with Crippen molar-refractivity contribution in [1.82, 2.24) is 0 Å². The lowest BCUT2D eigenvalue weighted by atomic mass is 10.1. The van der Waals surface area contributed by atoms with E-state index in [9.17, 15) is 0 Å². The Hall–Kier alpha value is 0.610. The first kappa shape index (κ1) is 10.6. The highest BCUT2D eigenvalue weighted by Gasteiger charge is 2.09. The number of rotatable bonds is 4. The molecule has 0 heterocycles. The van der Waals surface area contributed by atoms with Gasteiger partial charge in [-0.2, -0.15) is 0 Å². The van der Waals surface area contributed by atoms with Crippen molar-refractivity contribution in [3.8, 4) is 0 Å². The third kappa shape index (κ3) is 5.40. The van der Waals surface area contributed by atoms with Gasteiger partial charge in [0.25, 0.3) is 0 Å². The summed E-state index contributed by atoms with van der Waals surface area (Å²) in [5.41, 5.74) is 5.50. The number of hydrogen-bond donors (Lipinski definition) is 3. The van der Waals surface area contributed by atoms with Crippen LogP contribution in [0.5, 0.6) is 0 Å². The van der Waals surface area contributed by atoms with Crippen LogP contribution in [0.3, 0.4) is 0 Å². The van der Waals surface area contributed by atoms with Gasteiger partial charge in [0, 0.05) is 6.04 Å². The van der Waals surface area contributed by atoms with E-state index >= 15 is 0 Å². The summed E-state index contributed by atoms with van der Waals surface area (Å²) in [6.07, 6.45) is 0.837. The number of nitrogens with two attached hydrogens (primary N) is 1. The first-order chi connectivity index (χ1) is 4.54. The van der Waals surface area contributed by atoms with E-state index in [1.54, 1.807) is 6.92 Å². The van der Waals surface area contributed by atoms with Gasteiger partial charge in [-0.1, -0.05) is 22.6 Å². The minimum Gasteiger partial charge on any atom is -0.392 e. The number of aliphatic hydroxyl groups excluding tert-OH is 2. The molecule has 0 saturated heterocycles. The maximum atomic E-state index is 8.92. The fourth-order valence-corrected chi connectivity index (χ4v) is 0.931. The van der Waals surface area contributed by atoms with Crippen molar-refractivity contribution in [1.29, 1.82) is 0 Å². The maximum absolute atomic E-state index is 8.92. The summed E-state index contributed by atoms with van der Waals surface area (Å²) in [4.78, 5) is 0. The summed E-state index contributed by atoms with van der Waals surface area (Å²) < 4.78 is -0.345. The molecule has 62 valence electrons. The Labute approximate surface area is 74.8 Å². The molecule has 0 spiro atoms. The van der Waals surface area contributed by atoms with Crippen molar-refractivity contribution >= 4 is 22.6 Å². The van der Waals surface area contributed by atoms with E-state index in [1.165, 1.54) is 0 Å². The van der Waals surface area contributed by atoms with Crippen molar-refractivity contribution in [2.24, 2.45) is 5.73 Å². The van der Waals surface area contributed by atoms with Crippen LogP contribution >= 0.6 is 22.6 Å². The van der Waals surface area contributed by atoms with Crippen LogP contribution in [0.25, 0.3) is 0 Å². The predicted molar refractivity (Wildman–Crippen MR) is 48.9 cm³/mol. The van der Waals surface area contributed by atoms with Crippen LogP contribution < -0.4 is 5.73 Å². The third-order valence-electron chi connectivity index (χ3n) is 1.36. The van der Waals surface area contributed by atoms with Gasteiger partial charge in [0.2, 0.25) is 0 Å². The predicted octanol–water partition coefficient (Wildman–Crippen LogP) is 0.228. The zero-order valence-corrected chi connectivity index (χ0v) is 8.15. The quantitative estimate of drug-likeness (QED) is 0.500. The Morgan fingerprint density at radius 3 is 2.20 bits per heavy atom. The Balaban J connectivity index is 3.30. The van der Waals surface area contributed by atoms with E-state index in [4.69, 9.17) is 15.9 Å². The molecule has 0 rings (SSSR count). The maximum Gasteiger partial charge on any atom is 0.105 e. The van der Waals surface area contributed by atoms with Gasteiger partial charge in [-0.3, -0.25) is 0 Å². The van der Waals surface area contributed by atoms with Crippen molar-refractivity contribution in [2.45, 2.75) is 36.0 Å². The van der Waals surface area contributed by atoms with Gasteiger partial charge >= 0.3 is 0 Å². The standard InChI is InChI=1S/C6H14INO2/c1-4(9)5(8)2-3-6(7)10/h4-6,9-10H,2-3,8H2,1H3/t4-,5?,6-/m0/s1. The average Bonchev–Trinajstić information content (AvgIpc) is 1.82. The lowest BCUT2D eigenvalue weighted by Gasteiger charge is -2.14. The number of alkyl halides is 1. The molecule has 0 aliphatic rings. The molecule has 0 radical (unpaired) electrons. The smallest absolute Gasteiger partial charge is 0.105 e. The van der Waals surface area contributed by atoms with Gasteiger partial charge in [0.05, 0.1) is 6.10 Å². The van der Waals surface area contributed by atoms with Gasteiger partial charge in [0.1, 0.15) is 4.11 Å². The molecule has 3 atom stereocenters. The van der Waals surface area contributed by atoms with Gasteiger partial charge in [-0.25, -0.2) is 0 Å². The first-order valence-electron chi connectivity index (χ1n) is 3.30. The molecular formula is C6H14INO2. The largest absolute Gasteiger partial charge is 0.392 e. The molecular weight excluding hydrogens is 245 g/mol. The fourth-order valence-electron chi connectivity index (χ4n) is 0.571. The lowest BCUT2D eigenvalue weighted by molar-refractivity contribution is 0.151. The Morgan fingerprint density at radius 1 is 1.40 bits per heavy atom. The van der Waals surface area contributed by atoms with Crippen molar-refractivity contribution in [2.75, 3.05) is 0 Å². The summed E-state index contributed by atoms with van der Waals surface area (Å²) in [5, 5.41) is 17.8. The molecule has 0 aromatic rings. The van der Waals surface area contributed by atoms with E-state index < -0.39 is 6.10 Å². The van der Waals surface area contributed by atoms with E-state index in [-0.39, 0.29) is 10.2 Å². The van der Waals surface area contributed by atoms with Crippen LogP contribution in [0, 0.1) is 0 Å². The van der Waals surface area contributed by atoms with E-state index in [0.717, 1.165) is 0 Å². The van der Waals surface area contributed by atoms with Crippen molar-refractivity contribution < 1.29 is 10.2 Å². The second-order valence-corrected chi connectivity index (χ2v) is 3.85. The Morgan fingerprint density at radius 2 is 1.90 bits per heavy atom. The molecule has 1 unspecified atom stereocenters. The number of aliphatic hydroxyl groups is 2. The summed E-state index contributed by atoms with van der Waals surface area (Å²) in [6, 6.07) is -0.204. The van der Waals surface area contributed by atoms with Crippen LogP contribution in [-0.2, 0) is 0 Å². The van der Waals surface area contributed by atoms with E-state index in [2.05, 4.69) is 0 Å². The third-order valence-corrected chi connectivity index (χ3v) is 1.98. The van der Waals surface area contributed by atoms with Crippen molar-refractivity contribution in [3.05, 3.63) is 0 Å². The van der Waals surface area contributed by atoms with Gasteiger partial charge < -0.3 is 15.9 Å². The Bertz CT molecular complexity index is 87.8. The molecule has 0 amide bonds. The monoisotopic (exact) mass is 259 g/mol. The van der Waals surface area contributed by atoms with Crippen LogP contribution in [0.15, 0.2) is 0 Å². The van der Waals surface area contributed by atoms with Crippen LogP contribution in [-0.4, -0.2) is 26.5 Å². The molecule has 0 aromatic heterocycles. The first-order valence-corrected chi connectivity index (χ1v) is 4.54. The number of halogens is 1. The molecule has 0 bridgehead atoms. The Kier molecular flexibility index (Phi) is 5.61. The average molecular weight is 259 g/mol. The molecule has 4 heteroatoms. The second kappa shape index (κ2) is 5.29. The van der Waals surface area contributed by atoms with Crippen LogP contribution in [0.4, 0.5) is 0 Å².